The Morgan fingerprint density at radius 3 is 2.85 bits per heavy atom. The number of aliphatic hydroxyl groups is 1. The number of Topliss-reactive ketones (excluding diaryl/α,β-unsaturated/α-hetero) is 1. The van der Waals surface area contributed by atoms with Crippen LogP contribution >= 0.6 is 11.6 Å². The Labute approximate surface area is 233 Å². The van der Waals surface area contributed by atoms with E-state index in [2.05, 4.69) is 15.0 Å². The molecule has 12 heteroatoms. The van der Waals surface area contributed by atoms with Crippen molar-refractivity contribution in [3.8, 4) is 5.88 Å². The zero-order chi connectivity index (χ0) is 28.2. The molecule has 0 radical (unpaired) electrons. The maximum atomic E-state index is 13.9. The summed E-state index contributed by atoms with van der Waals surface area (Å²) in [5.74, 6) is -0.792. The van der Waals surface area contributed by atoms with E-state index in [-0.39, 0.29) is 47.5 Å². The predicted molar refractivity (Wildman–Crippen MR) is 143 cm³/mol. The summed E-state index contributed by atoms with van der Waals surface area (Å²) in [7, 11) is 0. The van der Waals surface area contributed by atoms with Gasteiger partial charge in [0.15, 0.2) is 23.0 Å². The number of carbonyl (C=O) groups is 1. The number of aromatic nitrogens is 3. The third-order valence-corrected chi connectivity index (χ3v) is 8.00. The Hall–Kier alpha value is -3.41. The molecule has 4 atom stereocenters. The van der Waals surface area contributed by atoms with E-state index in [4.69, 9.17) is 25.5 Å². The van der Waals surface area contributed by atoms with Crippen LogP contribution in [0.5, 0.6) is 5.88 Å². The summed E-state index contributed by atoms with van der Waals surface area (Å²) in [6.07, 6.45) is -1.50. The highest BCUT2D eigenvalue weighted by Gasteiger charge is 2.44. The van der Waals surface area contributed by atoms with E-state index >= 15 is 0 Å². The van der Waals surface area contributed by atoms with Crippen molar-refractivity contribution in [3.63, 3.8) is 0 Å². The molecule has 3 aromatic heterocycles. The Balaban J connectivity index is 1.39. The van der Waals surface area contributed by atoms with Crippen LogP contribution in [0.25, 0.3) is 22.1 Å². The summed E-state index contributed by atoms with van der Waals surface area (Å²) in [6, 6.07) is 7.91. The second-order valence-corrected chi connectivity index (χ2v) is 10.8. The number of halogens is 3. The number of furan rings is 1. The van der Waals surface area contributed by atoms with Gasteiger partial charge >= 0.3 is 0 Å². The van der Waals surface area contributed by atoms with Crippen LogP contribution in [0.3, 0.4) is 0 Å². The van der Waals surface area contributed by atoms with Gasteiger partial charge in [-0.2, -0.15) is 0 Å². The lowest BCUT2D eigenvalue weighted by atomic mass is 9.79. The van der Waals surface area contributed by atoms with E-state index in [0.29, 0.717) is 41.2 Å². The molecule has 0 saturated carbocycles. The average Bonchev–Trinajstić information content (AvgIpc) is 3.52. The monoisotopic (exact) mass is 572 g/mol. The van der Waals surface area contributed by atoms with E-state index in [0.717, 1.165) is 0 Å². The number of rotatable bonds is 6. The van der Waals surface area contributed by atoms with Gasteiger partial charge in [0, 0.05) is 42.5 Å². The van der Waals surface area contributed by atoms with Crippen LogP contribution in [-0.2, 0) is 15.1 Å². The first-order valence-electron chi connectivity index (χ1n) is 13.0. The van der Waals surface area contributed by atoms with Crippen LogP contribution < -0.4 is 9.64 Å². The van der Waals surface area contributed by atoms with Crippen LogP contribution in [0.1, 0.15) is 44.5 Å². The molecule has 5 heterocycles. The molecule has 2 fully saturated rings. The molecule has 4 aromatic rings. The molecule has 2 saturated heterocycles. The number of alkyl halides is 2. The van der Waals surface area contributed by atoms with E-state index in [1.165, 1.54) is 13.1 Å². The first-order valence-corrected chi connectivity index (χ1v) is 13.4. The molecule has 2 aliphatic rings. The molecule has 40 heavy (non-hydrogen) atoms. The van der Waals surface area contributed by atoms with Crippen molar-refractivity contribution >= 4 is 45.3 Å². The van der Waals surface area contributed by atoms with Crippen molar-refractivity contribution in [2.24, 2.45) is 5.92 Å². The summed E-state index contributed by atoms with van der Waals surface area (Å²) in [5, 5.41) is 12.5. The van der Waals surface area contributed by atoms with E-state index in [1.807, 2.05) is 6.92 Å². The van der Waals surface area contributed by atoms with E-state index in [1.54, 1.807) is 35.2 Å². The number of para-hydroxylation sites is 1. The Morgan fingerprint density at radius 1 is 1.30 bits per heavy atom. The van der Waals surface area contributed by atoms with Crippen molar-refractivity contribution in [2.75, 3.05) is 24.7 Å². The van der Waals surface area contributed by atoms with E-state index < -0.39 is 30.0 Å². The fourth-order valence-corrected chi connectivity index (χ4v) is 5.81. The Morgan fingerprint density at radius 2 is 2.10 bits per heavy atom. The SMILES string of the molecule is CC(=O)[C@@H]1C[C@H](Oc2ncc(Cl)cc2[C@@]2(O)CCOC[C@@H]2C)CN1c1nc(C(F)F)nc2c1oc1ccccc12. The largest absolute Gasteiger partial charge is 0.472 e. The summed E-state index contributed by atoms with van der Waals surface area (Å²) in [6.45, 7) is 4.17. The molecule has 0 aliphatic carbocycles. The number of hydrogen-bond acceptors (Lipinski definition) is 9. The standard InChI is InChI=1S/C28H27ClF2N4O5/c1-14-13-38-8-7-28(14,37)19-9-16(29)11-32-27(19)39-17-10-20(15(2)36)35(12-17)26-23-22(33-25(34-26)24(30)31)18-5-3-4-6-21(18)40-23/h3-6,9,11,14,17,20,24,37H,7-8,10,12-13H2,1-2H3/t14-,17-,20-,28+/m0/s1. The van der Waals surface area contributed by atoms with Crippen LogP contribution in [0.4, 0.5) is 14.6 Å². The van der Waals surface area contributed by atoms with Crippen molar-refractivity contribution < 1.29 is 32.6 Å². The average molecular weight is 573 g/mol. The van der Waals surface area contributed by atoms with Crippen LogP contribution in [0.15, 0.2) is 40.9 Å². The van der Waals surface area contributed by atoms with Gasteiger partial charge in [-0.1, -0.05) is 30.7 Å². The number of benzene rings is 1. The maximum absolute atomic E-state index is 13.9. The molecule has 6 rings (SSSR count). The highest BCUT2D eigenvalue weighted by molar-refractivity contribution is 6.30. The van der Waals surface area contributed by atoms with Gasteiger partial charge in [-0.25, -0.2) is 23.7 Å². The molecular weight excluding hydrogens is 546 g/mol. The van der Waals surface area contributed by atoms with E-state index in [9.17, 15) is 18.7 Å². The van der Waals surface area contributed by atoms with Gasteiger partial charge in [-0.3, -0.25) is 4.79 Å². The molecular formula is C28H27ClF2N4O5. The predicted octanol–water partition coefficient (Wildman–Crippen LogP) is 5.22. The minimum absolute atomic E-state index is 0.101. The number of ether oxygens (including phenoxy) is 2. The van der Waals surface area contributed by atoms with Crippen molar-refractivity contribution in [1.29, 1.82) is 0 Å². The normalized spacial score (nSPS) is 25.3. The molecule has 0 unspecified atom stereocenters. The summed E-state index contributed by atoms with van der Waals surface area (Å²) in [4.78, 5) is 27.0. The lowest BCUT2D eigenvalue weighted by Gasteiger charge is -2.39. The molecule has 1 aromatic carbocycles. The molecule has 0 bridgehead atoms. The van der Waals surface area contributed by atoms with Crippen molar-refractivity contribution in [2.45, 2.75) is 50.9 Å². The van der Waals surface area contributed by atoms with Gasteiger partial charge in [0.05, 0.1) is 24.2 Å². The smallest absolute Gasteiger partial charge is 0.297 e. The first kappa shape index (κ1) is 26.8. The zero-order valence-electron chi connectivity index (χ0n) is 21.8. The third kappa shape index (κ3) is 4.55. The van der Waals surface area contributed by atoms with Crippen LogP contribution in [0, 0.1) is 5.92 Å². The fraction of sp³-hybridized carbons (Fsp3) is 0.429. The minimum Gasteiger partial charge on any atom is -0.472 e. The molecule has 9 nitrogen and oxygen atoms in total. The topological polar surface area (TPSA) is 111 Å². The number of anilines is 1. The number of nitrogens with zero attached hydrogens (tertiary/aromatic N) is 4. The number of pyridine rings is 1. The number of ketones is 1. The molecule has 0 amide bonds. The van der Waals surface area contributed by atoms with Crippen molar-refractivity contribution in [3.05, 3.63) is 52.9 Å². The number of hydrogen-bond donors (Lipinski definition) is 1. The highest BCUT2D eigenvalue weighted by atomic mass is 35.5. The Kier molecular flexibility index (Phi) is 6.84. The van der Waals surface area contributed by atoms with Crippen LogP contribution in [0.2, 0.25) is 5.02 Å². The van der Waals surface area contributed by atoms with Gasteiger partial charge in [-0.15, -0.1) is 0 Å². The second kappa shape index (κ2) is 10.2. The van der Waals surface area contributed by atoms with Crippen molar-refractivity contribution in [1.82, 2.24) is 15.0 Å². The van der Waals surface area contributed by atoms with Gasteiger partial charge in [0.2, 0.25) is 5.88 Å². The summed E-state index contributed by atoms with van der Waals surface area (Å²) in [5.41, 5.74) is 0.103. The van der Waals surface area contributed by atoms with Gasteiger partial charge < -0.3 is 23.9 Å². The third-order valence-electron chi connectivity index (χ3n) is 7.79. The summed E-state index contributed by atoms with van der Waals surface area (Å²) < 4.78 is 45.6. The lowest BCUT2D eigenvalue weighted by Crippen LogP contribution is -2.42. The Bertz CT molecular complexity index is 1600. The molecule has 2 aliphatic heterocycles. The molecule has 210 valence electrons. The van der Waals surface area contributed by atoms with Crippen LogP contribution in [-0.4, -0.2) is 57.7 Å². The fourth-order valence-electron chi connectivity index (χ4n) is 5.65. The lowest BCUT2D eigenvalue weighted by molar-refractivity contribution is -0.118. The molecule has 0 spiro atoms. The molecule has 1 N–H and O–H groups in total. The minimum atomic E-state index is -2.93. The number of fused-ring (bicyclic) bond motifs is 3. The second-order valence-electron chi connectivity index (χ2n) is 10.4. The maximum Gasteiger partial charge on any atom is 0.297 e. The summed E-state index contributed by atoms with van der Waals surface area (Å²) >= 11 is 6.26. The number of carbonyl (C=O) groups excluding carboxylic acids is 1. The highest BCUT2D eigenvalue weighted by Crippen LogP contribution is 2.43. The zero-order valence-corrected chi connectivity index (χ0v) is 22.6. The quantitative estimate of drug-likeness (QED) is 0.332. The van der Waals surface area contributed by atoms with Gasteiger partial charge in [-0.05, 0) is 25.1 Å². The van der Waals surface area contributed by atoms with Gasteiger partial charge in [0.1, 0.15) is 22.8 Å². The van der Waals surface area contributed by atoms with Gasteiger partial charge in [0.25, 0.3) is 6.43 Å². The first-order chi connectivity index (χ1) is 19.2.